The number of hydrogen-bond donors (Lipinski definition) is 3. The molecule has 0 bridgehead atoms. The van der Waals surface area contributed by atoms with Crippen molar-refractivity contribution in [2.75, 3.05) is 11.1 Å². The fourth-order valence-electron chi connectivity index (χ4n) is 2.65. The Labute approximate surface area is 129 Å². The molecule has 4 heteroatoms. The fraction of sp³-hybridized carbons (Fsp3) is 0.167. The Bertz CT molecular complexity index is 877. The molecule has 3 rings (SSSR count). The molecule has 0 radical (unpaired) electrons. The number of fused-ring (bicyclic) bond motifs is 1. The molecular formula is C18H19N3O. The summed E-state index contributed by atoms with van der Waals surface area (Å²) in [5.41, 5.74) is 11.9. The Hall–Kier alpha value is -2.75. The summed E-state index contributed by atoms with van der Waals surface area (Å²) in [5, 5.41) is 3.95. The lowest BCUT2D eigenvalue weighted by atomic mass is 10.1. The molecular weight excluding hydrogens is 274 g/mol. The highest BCUT2D eigenvalue weighted by molar-refractivity contribution is 6.08. The van der Waals surface area contributed by atoms with Crippen molar-refractivity contribution in [3.63, 3.8) is 0 Å². The van der Waals surface area contributed by atoms with Gasteiger partial charge in [0.05, 0.1) is 11.4 Å². The Morgan fingerprint density at radius 1 is 1.05 bits per heavy atom. The highest BCUT2D eigenvalue weighted by atomic mass is 16.1. The summed E-state index contributed by atoms with van der Waals surface area (Å²) >= 11 is 0. The topological polar surface area (TPSA) is 70.9 Å². The molecule has 1 heterocycles. The zero-order chi connectivity index (χ0) is 15.9. The second kappa shape index (κ2) is 5.22. The first-order chi connectivity index (χ1) is 10.5. The molecule has 0 aliphatic rings. The number of amides is 1. The van der Waals surface area contributed by atoms with Crippen LogP contribution < -0.4 is 11.1 Å². The zero-order valence-electron chi connectivity index (χ0n) is 12.9. The third-order valence-electron chi connectivity index (χ3n) is 3.90. The molecule has 0 atom stereocenters. The van der Waals surface area contributed by atoms with E-state index in [0.29, 0.717) is 17.1 Å². The minimum atomic E-state index is -0.179. The van der Waals surface area contributed by atoms with E-state index in [4.69, 9.17) is 5.73 Å². The van der Waals surface area contributed by atoms with Crippen molar-refractivity contribution >= 4 is 28.2 Å². The minimum absolute atomic E-state index is 0.179. The summed E-state index contributed by atoms with van der Waals surface area (Å²) in [7, 11) is 0. The minimum Gasteiger partial charge on any atom is -0.397 e. The summed E-state index contributed by atoms with van der Waals surface area (Å²) in [4.78, 5) is 15.7. The quantitative estimate of drug-likeness (QED) is 0.626. The second-order valence-corrected chi connectivity index (χ2v) is 5.72. The maximum Gasteiger partial charge on any atom is 0.272 e. The Morgan fingerprint density at radius 3 is 2.45 bits per heavy atom. The van der Waals surface area contributed by atoms with Gasteiger partial charge in [0.2, 0.25) is 0 Å². The van der Waals surface area contributed by atoms with Gasteiger partial charge in [-0.1, -0.05) is 17.7 Å². The van der Waals surface area contributed by atoms with Gasteiger partial charge in [0.1, 0.15) is 5.69 Å². The highest BCUT2D eigenvalue weighted by Gasteiger charge is 2.15. The van der Waals surface area contributed by atoms with Gasteiger partial charge >= 0.3 is 0 Å². The van der Waals surface area contributed by atoms with Crippen molar-refractivity contribution in [2.45, 2.75) is 20.8 Å². The van der Waals surface area contributed by atoms with Crippen LogP contribution in [0, 0.1) is 20.8 Å². The number of hydrogen-bond acceptors (Lipinski definition) is 2. The smallest absolute Gasteiger partial charge is 0.272 e. The van der Waals surface area contributed by atoms with Gasteiger partial charge in [0.25, 0.3) is 5.91 Å². The van der Waals surface area contributed by atoms with E-state index >= 15 is 0 Å². The maximum absolute atomic E-state index is 12.5. The first-order valence-electron chi connectivity index (χ1n) is 7.22. The van der Waals surface area contributed by atoms with Crippen LogP contribution in [0.15, 0.2) is 36.4 Å². The molecule has 0 aliphatic carbocycles. The summed E-state index contributed by atoms with van der Waals surface area (Å²) in [6, 6.07) is 11.7. The van der Waals surface area contributed by atoms with Gasteiger partial charge in [-0.3, -0.25) is 4.79 Å². The lowest BCUT2D eigenvalue weighted by Gasteiger charge is -2.08. The van der Waals surface area contributed by atoms with Crippen LogP contribution in [0.4, 0.5) is 11.4 Å². The van der Waals surface area contributed by atoms with Crippen LogP contribution in [0.3, 0.4) is 0 Å². The molecule has 2 aromatic carbocycles. The number of H-pyrrole nitrogens is 1. The van der Waals surface area contributed by atoms with Gasteiger partial charge in [0, 0.05) is 10.9 Å². The van der Waals surface area contributed by atoms with Gasteiger partial charge in [-0.05, 0) is 56.2 Å². The number of carbonyl (C=O) groups excluding carboxylic acids is 1. The van der Waals surface area contributed by atoms with Gasteiger partial charge in [0.15, 0.2) is 0 Å². The number of rotatable bonds is 2. The van der Waals surface area contributed by atoms with Crippen molar-refractivity contribution in [3.8, 4) is 0 Å². The van der Waals surface area contributed by atoms with Gasteiger partial charge < -0.3 is 16.0 Å². The van der Waals surface area contributed by atoms with Crippen molar-refractivity contribution in [1.82, 2.24) is 4.98 Å². The molecule has 4 N–H and O–H groups in total. The third-order valence-corrected chi connectivity index (χ3v) is 3.90. The van der Waals surface area contributed by atoms with Crippen molar-refractivity contribution in [2.24, 2.45) is 0 Å². The lowest BCUT2D eigenvalue weighted by Crippen LogP contribution is -2.14. The standard InChI is InChI=1S/C18H19N3O/c1-10-4-6-15-13(8-10)12(3)17(20-15)18(22)21-16-7-5-11(2)9-14(16)19/h4-9,20H,19H2,1-3H3,(H,21,22). The summed E-state index contributed by atoms with van der Waals surface area (Å²) in [6.45, 7) is 5.95. The summed E-state index contributed by atoms with van der Waals surface area (Å²) in [5.74, 6) is -0.179. The number of nitrogen functional groups attached to an aromatic ring is 1. The number of benzene rings is 2. The van der Waals surface area contributed by atoms with E-state index in [2.05, 4.69) is 16.4 Å². The van der Waals surface area contributed by atoms with Crippen LogP contribution in [0.5, 0.6) is 0 Å². The predicted molar refractivity (Wildman–Crippen MR) is 91.3 cm³/mol. The first kappa shape index (κ1) is 14.2. The van der Waals surface area contributed by atoms with Crippen molar-refractivity contribution < 1.29 is 4.79 Å². The maximum atomic E-state index is 12.5. The van der Waals surface area contributed by atoms with Gasteiger partial charge in [-0.2, -0.15) is 0 Å². The molecule has 1 aromatic heterocycles. The first-order valence-corrected chi connectivity index (χ1v) is 7.22. The van der Waals surface area contributed by atoms with Crippen LogP contribution in [-0.4, -0.2) is 10.9 Å². The molecule has 22 heavy (non-hydrogen) atoms. The van der Waals surface area contributed by atoms with E-state index in [1.165, 1.54) is 5.56 Å². The fourth-order valence-corrected chi connectivity index (χ4v) is 2.65. The van der Waals surface area contributed by atoms with Crippen LogP contribution in [0.25, 0.3) is 10.9 Å². The molecule has 4 nitrogen and oxygen atoms in total. The van der Waals surface area contributed by atoms with Crippen LogP contribution >= 0.6 is 0 Å². The number of aromatic nitrogens is 1. The SMILES string of the molecule is Cc1ccc(NC(=O)c2[nH]c3ccc(C)cc3c2C)c(N)c1. The normalized spacial score (nSPS) is 10.9. The number of nitrogens with two attached hydrogens (primary N) is 1. The Morgan fingerprint density at radius 2 is 1.73 bits per heavy atom. The largest absolute Gasteiger partial charge is 0.397 e. The molecule has 3 aromatic rings. The second-order valence-electron chi connectivity index (χ2n) is 5.72. The van der Waals surface area contributed by atoms with Crippen LogP contribution in [-0.2, 0) is 0 Å². The molecule has 0 saturated heterocycles. The monoisotopic (exact) mass is 293 g/mol. The van der Waals surface area contributed by atoms with E-state index in [9.17, 15) is 4.79 Å². The number of nitrogens with one attached hydrogen (secondary N) is 2. The molecule has 0 aliphatic heterocycles. The van der Waals surface area contributed by atoms with Crippen molar-refractivity contribution in [1.29, 1.82) is 0 Å². The molecule has 0 spiro atoms. The molecule has 0 saturated carbocycles. The highest BCUT2D eigenvalue weighted by Crippen LogP contribution is 2.25. The average molecular weight is 293 g/mol. The van der Waals surface area contributed by atoms with Crippen LogP contribution in [0.2, 0.25) is 0 Å². The summed E-state index contributed by atoms with van der Waals surface area (Å²) in [6.07, 6.45) is 0. The zero-order valence-corrected chi connectivity index (χ0v) is 12.9. The van der Waals surface area contributed by atoms with E-state index < -0.39 is 0 Å². The third kappa shape index (κ3) is 2.44. The Kier molecular flexibility index (Phi) is 3.37. The average Bonchev–Trinajstić information content (AvgIpc) is 2.79. The molecule has 112 valence electrons. The lowest BCUT2D eigenvalue weighted by molar-refractivity contribution is 0.102. The van der Waals surface area contributed by atoms with Gasteiger partial charge in [-0.15, -0.1) is 0 Å². The van der Waals surface area contributed by atoms with E-state index in [0.717, 1.165) is 22.0 Å². The predicted octanol–water partition coefficient (Wildman–Crippen LogP) is 3.93. The number of anilines is 2. The molecule has 0 unspecified atom stereocenters. The van der Waals surface area contributed by atoms with Crippen molar-refractivity contribution in [3.05, 3.63) is 58.8 Å². The summed E-state index contributed by atoms with van der Waals surface area (Å²) < 4.78 is 0. The molecule has 1 amide bonds. The van der Waals surface area contributed by atoms with E-state index in [1.807, 2.05) is 51.1 Å². The van der Waals surface area contributed by atoms with Gasteiger partial charge in [-0.25, -0.2) is 0 Å². The van der Waals surface area contributed by atoms with E-state index in [-0.39, 0.29) is 5.91 Å². The Balaban J connectivity index is 1.97. The number of aryl methyl sites for hydroxylation is 3. The van der Waals surface area contributed by atoms with Crippen LogP contribution in [0.1, 0.15) is 27.2 Å². The number of carbonyl (C=O) groups is 1. The van der Waals surface area contributed by atoms with E-state index in [1.54, 1.807) is 0 Å². The number of aromatic amines is 1. The molecule has 0 fully saturated rings.